The number of furan rings is 1. The van der Waals surface area contributed by atoms with Crippen molar-refractivity contribution in [2.45, 2.75) is 26.2 Å². The van der Waals surface area contributed by atoms with Gasteiger partial charge in [0.25, 0.3) is 0 Å². The normalized spacial score (nSPS) is 11.3. The van der Waals surface area contributed by atoms with Crippen LogP contribution in [0.2, 0.25) is 0 Å². The third-order valence-electron chi connectivity index (χ3n) is 8.79. The third-order valence-corrected chi connectivity index (χ3v) is 8.79. The van der Waals surface area contributed by atoms with Gasteiger partial charge in [0, 0.05) is 43.6 Å². The van der Waals surface area contributed by atoms with Gasteiger partial charge in [-0.25, -0.2) is 4.98 Å². The Kier molecular flexibility index (Phi) is 9.46. The molecule has 0 aliphatic heterocycles. The van der Waals surface area contributed by atoms with E-state index >= 15 is 0 Å². The fourth-order valence-electron chi connectivity index (χ4n) is 6.16. The van der Waals surface area contributed by atoms with Gasteiger partial charge in [-0.15, -0.1) is 54.1 Å². The van der Waals surface area contributed by atoms with Crippen LogP contribution in [0.3, 0.4) is 0 Å². The average Bonchev–Trinajstić information content (AvgIpc) is 3.74. The molecule has 0 spiro atoms. The topological polar surface area (TPSA) is 56.7 Å². The maximum absolute atomic E-state index is 6.56. The smallest absolute Gasteiger partial charge is 0.155 e. The van der Waals surface area contributed by atoms with Gasteiger partial charge in [-0.05, 0) is 58.1 Å². The molecule has 6 heteroatoms. The molecule has 9 aromatic rings. The van der Waals surface area contributed by atoms with Gasteiger partial charge in [0.15, 0.2) is 5.65 Å². The average molecular weight is 839 g/mol. The van der Waals surface area contributed by atoms with Crippen molar-refractivity contribution in [2.75, 3.05) is 0 Å². The van der Waals surface area contributed by atoms with E-state index in [0.717, 1.165) is 78.1 Å². The van der Waals surface area contributed by atoms with E-state index in [1.807, 2.05) is 79.0 Å². The first-order valence-electron chi connectivity index (χ1n) is 16.7. The molecule has 0 saturated heterocycles. The Balaban J connectivity index is 0.000000265. The van der Waals surface area contributed by atoms with Crippen LogP contribution in [0, 0.1) is 12.1 Å². The summed E-state index contributed by atoms with van der Waals surface area (Å²) in [5, 5.41) is 2.12. The van der Waals surface area contributed by atoms with Crippen molar-refractivity contribution in [3.8, 4) is 39.5 Å². The zero-order chi connectivity index (χ0) is 34.1. The monoisotopic (exact) mass is 839 g/mol. The molecule has 0 atom stereocenters. The molecule has 9 rings (SSSR count). The molecule has 51 heavy (non-hydrogen) atoms. The van der Waals surface area contributed by atoms with E-state index < -0.39 is 0 Å². The van der Waals surface area contributed by atoms with Crippen molar-refractivity contribution in [2.24, 2.45) is 0 Å². The van der Waals surface area contributed by atoms with E-state index in [1.165, 1.54) is 0 Å². The van der Waals surface area contributed by atoms with E-state index in [9.17, 15) is 0 Å². The van der Waals surface area contributed by atoms with Crippen LogP contribution < -0.4 is 0 Å². The SMILES string of the molecule is CC(C)(C)c1cnc2c(c1)nc(-c1[c-]ccc3c1oc1cc(-c4ccccc4)ccc13)n2-c1ccccc1.[Ir].[c-]1ccccc1-c1ccccn1. The number of para-hydroxylation sites is 1. The van der Waals surface area contributed by atoms with Crippen molar-refractivity contribution < 1.29 is 24.5 Å². The van der Waals surface area contributed by atoms with E-state index in [4.69, 9.17) is 14.4 Å². The van der Waals surface area contributed by atoms with Gasteiger partial charge in [-0.1, -0.05) is 105 Å². The van der Waals surface area contributed by atoms with Crippen LogP contribution in [0.1, 0.15) is 26.3 Å². The maximum atomic E-state index is 6.56. The second-order valence-electron chi connectivity index (χ2n) is 13.2. The van der Waals surface area contributed by atoms with Gasteiger partial charge in [-0.2, -0.15) is 0 Å². The molecule has 5 nitrogen and oxygen atoms in total. The minimum Gasteiger partial charge on any atom is -0.501 e. The Morgan fingerprint density at radius 3 is 2.16 bits per heavy atom. The number of hydrogen-bond donors (Lipinski definition) is 0. The van der Waals surface area contributed by atoms with Crippen LogP contribution in [-0.4, -0.2) is 19.5 Å². The minimum absolute atomic E-state index is 0. The minimum atomic E-state index is -0.0286. The molecule has 0 N–H and O–H groups in total. The van der Waals surface area contributed by atoms with Crippen molar-refractivity contribution in [3.05, 3.63) is 170 Å². The number of benzene rings is 5. The van der Waals surface area contributed by atoms with Crippen LogP contribution in [0.25, 0.3) is 72.6 Å². The summed E-state index contributed by atoms with van der Waals surface area (Å²) >= 11 is 0. The van der Waals surface area contributed by atoms with Crippen LogP contribution in [0.5, 0.6) is 0 Å². The molecule has 0 unspecified atom stereocenters. The van der Waals surface area contributed by atoms with Crippen LogP contribution in [0.15, 0.2) is 156 Å². The second-order valence-corrected chi connectivity index (χ2v) is 13.2. The first-order chi connectivity index (χ1) is 24.4. The van der Waals surface area contributed by atoms with Crippen LogP contribution in [0.4, 0.5) is 0 Å². The van der Waals surface area contributed by atoms with Crippen LogP contribution >= 0.6 is 0 Å². The molecule has 1 radical (unpaired) electrons. The molecule has 0 aliphatic rings. The second kappa shape index (κ2) is 14.3. The van der Waals surface area contributed by atoms with E-state index in [0.29, 0.717) is 0 Å². The molecule has 0 amide bonds. The molecular weight excluding hydrogens is 805 g/mol. The number of nitrogens with zero attached hydrogens (tertiary/aromatic N) is 4. The fourth-order valence-corrected chi connectivity index (χ4v) is 6.16. The predicted octanol–water partition coefficient (Wildman–Crippen LogP) is 11.3. The van der Waals surface area contributed by atoms with Crippen molar-refractivity contribution in [1.82, 2.24) is 19.5 Å². The molecule has 4 aromatic heterocycles. The number of imidazole rings is 1. The largest absolute Gasteiger partial charge is 0.501 e. The van der Waals surface area contributed by atoms with Gasteiger partial charge in [0.1, 0.15) is 5.58 Å². The summed E-state index contributed by atoms with van der Waals surface area (Å²) in [5.41, 5.74) is 10.5. The summed E-state index contributed by atoms with van der Waals surface area (Å²) in [7, 11) is 0. The Labute approximate surface area is 311 Å². The zero-order valence-electron chi connectivity index (χ0n) is 28.5. The number of aromatic nitrogens is 4. The summed E-state index contributed by atoms with van der Waals surface area (Å²) in [5.74, 6) is 0.762. The summed E-state index contributed by atoms with van der Waals surface area (Å²) < 4.78 is 8.67. The zero-order valence-corrected chi connectivity index (χ0v) is 30.9. The van der Waals surface area contributed by atoms with Crippen molar-refractivity contribution >= 4 is 33.1 Å². The number of hydrogen-bond acceptors (Lipinski definition) is 4. The molecule has 0 fully saturated rings. The first-order valence-corrected chi connectivity index (χ1v) is 16.7. The number of pyridine rings is 2. The molecule has 0 bridgehead atoms. The maximum Gasteiger partial charge on any atom is 0.155 e. The van der Waals surface area contributed by atoms with Crippen molar-refractivity contribution in [3.63, 3.8) is 0 Å². The molecule has 5 aromatic carbocycles. The Morgan fingerprint density at radius 2 is 1.43 bits per heavy atom. The summed E-state index contributed by atoms with van der Waals surface area (Å²) in [6.07, 6.45) is 3.75. The third kappa shape index (κ3) is 6.76. The van der Waals surface area contributed by atoms with Gasteiger partial charge in [-0.3, -0.25) is 4.98 Å². The predicted molar refractivity (Wildman–Crippen MR) is 203 cm³/mol. The quantitative estimate of drug-likeness (QED) is 0.166. The molecular formula is C45H34IrN4O-2. The van der Waals surface area contributed by atoms with Crippen molar-refractivity contribution in [1.29, 1.82) is 0 Å². The fraction of sp³-hybridized carbons (Fsp3) is 0.0889. The summed E-state index contributed by atoms with van der Waals surface area (Å²) in [6.45, 7) is 6.58. The van der Waals surface area contributed by atoms with Gasteiger partial charge in [0.05, 0.1) is 16.9 Å². The molecule has 251 valence electrons. The van der Waals surface area contributed by atoms with Gasteiger partial charge < -0.3 is 14.0 Å². The van der Waals surface area contributed by atoms with E-state index in [1.54, 1.807) is 6.20 Å². The Bertz CT molecular complexity index is 2520. The summed E-state index contributed by atoms with van der Waals surface area (Å²) in [6, 6.07) is 53.5. The standard InChI is InChI=1S/C34H26N3O.C11H8N.Ir/c1-34(2,3)24-20-29-33(35-21-24)37(25-13-8-5-9-14-25)32(36-29)28-16-10-15-27-26-18-17-23(19-30(26)38-31(27)28)22-11-6-4-7-12-22;1-2-6-10(7-3-1)11-8-4-5-9-12-11;/h4-15,17-21H,1-3H3;1-6,8-9H;/q2*-1;. The van der Waals surface area contributed by atoms with Gasteiger partial charge >= 0.3 is 0 Å². The molecule has 0 saturated carbocycles. The molecule has 0 aliphatic carbocycles. The first kappa shape index (κ1) is 33.8. The summed E-state index contributed by atoms with van der Waals surface area (Å²) in [4.78, 5) is 14.2. The molecule has 4 heterocycles. The van der Waals surface area contributed by atoms with Crippen LogP contribution in [-0.2, 0) is 25.5 Å². The number of fused-ring (bicyclic) bond motifs is 4. The Morgan fingerprint density at radius 1 is 0.667 bits per heavy atom. The van der Waals surface area contributed by atoms with Gasteiger partial charge in [0.2, 0.25) is 0 Å². The van der Waals surface area contributed by atoms with E-state index in [2.05, 4.69) is 109 Å². The van der Waals surface area contributed by atoms with E-state index in [-0.39, 0.29) is 25.5 Å². The Hall–Kier alpha value is -5.68. The number of rotatable bonds is 4.